The molecule has 13 aromatic rings. The van der Waals surface area contributed by atoms with Gasteiger partial charge in [0.25, 0.3) is 24.2 Å². The Morgan fingerprint density at radius 3 is 1.14 bits per heavy atom. The quantitative estimate of drug-likeness (QED) is 0.0199. The molecule has 698 valence electrons. The predicted molar refractivity (Wildman–Crippen MR) is 456 cm³/mol. The molecule has 13 rings (SSSR count). The Labute approximate surface area is 766 Å². The molecule has 19 nitrogen and oxygen atoms in total. The van der Waals surface area contributed by atoms with Crippen molar-refractivity contribution >= 4 is 128 Å². The maximum atomic E-state index is 13.4. The minimum atomic E-state index is -4.69. The molecule has 0 unspecified atom stereocenters. The molecule has 0 saturated carbocycles. The molecule has 0 bridgehead atoms. The minimum Gasteiger partial charge on any atom is -0.618 e. The van der Waals surface area contributed by atoms with Crippen LogP contribution in [0.25, 0.3) is 45.0 Å². The van der Waals surface area contributed by atoms with E-state index >= 15 is 0 Å². The van der Waals surface area contributed by atoms with E-state index in [4.69, 9.17) is 61.3 Å². The van der Waals surface area contributed by atoms with Gasteiger partial charge >= 0.3 is 49.4 Å². The highest BCUT2D eigenvalue weighted by atomic mass is 36.0. The van der Waals surface area contributed by atoms with Gasteiger partial charge in [-0.25, -0.2) is 38.3 Å². The average molecular weight is 2050 g/mol. The van der Waals surface area contributed by atoms with Crippen molar-refractivity contribution in [1.29, 1.82) is 0 Å². The molecule has 0 amide bonds. The maximum Gasteiger partial charge on any atom is 0.488 e. The summed E-state index contributed by atoms with van der Waals surface area (Å²) in [6.07, 6.45) is -24.0. The van der Waals surface area contributed by atoms with Crippen molar-refractivity contribution in [2.75, 3.05) is 10.5 Å². The molecule has 131 heavy (non-hydrogen) atoms. The van der Waals surface area contributed by atoms with Crippen LogP contribution in [0.1, 0.15) is 61.2 Å². The fraction of sp³-hybridized carbons (Fsp3) is 0.136. The van der Waals surface area contributed by atoms with Crippen LogP contribution in [-0.4, -0.2) is 63.9 Å². The van der Waals surface area contributed by atoms with Crippen molar-refractivity contribution in [3.63, 3.8) is 0 Å². The SMILES string of the molecule is Cc1ccccc1-c1c(C(F)(F)F)ccc[n+]1[O-].Cc1ccccc1-c1nc(Cl)ccc1C(F)(F)F.Cc1ccccc1-c1nc(N)ccc1C(F)(F)F.Cc1ccccc1-c1nc(NS(=O)(=O)c2cccc(F)n2)ccc1C(F)(F)F.Cc1ccccc1B(O)O.FC(F)(F)c1cccnc1Cl.O=P(Cl)(Cl)Cl.O=S(=O)(Cl)c1cccc(F)n1.[O-][n+]1cccc(C(F)(F)F)c1Cl. The fourth-order valence-corrected chi connectivity index (χ4v) is 12.7. The highest BCUT2D eigenvalue weighted by Crippen LogP contribution is 2.61. The maximum absolute atomic E-state index is 13.4. The third kappa shape index (κ3) is 35.4. The molecule has 0 saturated heterocycles. The van der Waals surface area contributed by atoms with Crippen molar-refractivity contribution < 1.29 is 129 Å². The number of aryl methyl sites for hydroxylation is 5. The van der Waals surface area contributed by atoms with Gasteiger partial charge < -0.3 is 26.2 Å². The Hall–Kier alpha value is -10.8. The number of hydrogen-bond acceptors (Lipinski definition) is 16. The van der Waals surface area contributed by atoms with E-state index in [0.29, 0.717) is 33.3 Å². The molecule has 5 aromatic carbocycles. The van der Waals surface area contributed by atoms with Crippen LogP contribution in [0.2, 0.25) is 15.5 Å². The number of anilines is 2. The number of halogens is 27. The molecule has 0 atom stereocenters. The highest BCUT2D eigenvalue weighted by Gasteiger charge is 2.41. The molecule has 0 radical (unpaired) electrons. The van der Waals surface area contributed by atoms with Crippen LogP contribution in [0.4, 0.5) is 99.4 Å². The Kier molecular flexibility index (Phi) is 40.2. The van der Waals surface area contributed by atoms with Crippen molar-refractivity contribution in [2.45, 2.75) is 81.7 Å². The van der Waals surface area contributed by atoms with Crippen molar-refractivity contribution in [3.05, 3.63) is 348 Å². The van der Waals surface area contributed by atoms with Gasteiger partial charge in [0.1, 0.15) is 33.1 Å². The van der Waals surface area contributed by atoms with Crippen LogP contribution < -0.4 is 25.4 Å². The first-order chi connectivity index (χ1) is 60.4. The number of rotatable bonds is 9. The lowest BCUT2D eigenvalue weighted by Gasteiger charge is -2.15. The third-order valence-electron chi connectivity index (χ3n) is 16.3. The predicted octanol–water partition coefficient (Wildman–Crippen LogP) is 24.5. The second kappa shape index (κ2) is 47.6. The van der Waals surface area contributed by atoms with Gasteiger partial charge in [0.05, 0.1) is 44.9 Å². The molecule has 8 aromatic heterocycles. The molecule has 0 aliphatic carbocycles. The summed E-state index contributed by atoms with van der Waals surface area (Å²) >= 11 is 29.8. The number of nitrogens with one attached hydrogen (secondary N) is 1. The number of alkyl halides is 18. The van der Waals surface area contributed by atoms with Crippen LogP contribution in [-0.2, 0) is 60.7 Å². The average Bonchev–Trinajstić information content (AvgIpc) is 0.805. The van der Waals surface area contributed by atoms with Gasteiger partial charge in [-0.3, -0.25) is 9.29 Å². The van der Waals surface area contributed by atoms with E-state index in [1.54, 1.807) is 125 Å². The second-order valence-corrected chi connectivity index (χ2v) is 37.6. The van der Waals surface area contributed by atoms with E-state index in [2.05, 4.69) is 63.6 Å². The number of benzene rings is 5. The summed E-state index contributed by atoms with van der Waals surface area (Å²) in [5.74, 6) is -2.16. The van der Waals surface area contributed by atoms with Crippen molar-refractivity contribution in [1.82, 2.24) is 29.9 Å². The highest BCUT2D eigenvalue weighted by molar-refractivity contribution is 8.24. The third-order valence-corrected chi connectivity index (χ3v) is 19.7. The Morgan fingerprint density at radius 1 is 0.405 bits per heavy atom. The largest absolute Gasteiger partial charge is 0.618 e. The van der Waals surface area contributed by atoms with Crippen LogP contribution in [0, 0.1) is 56.9 Å². The monoisotopic (exact) mass is 2050 g/mol. The van der Waals surface area contributed by atoms with Gasteiger partial charge in [-0.15, -0.1) is 0 Å². The van der Waals surface area contributed by atoms with Crippen molar-refractivity contribution in [3.8, 4) is 45.0 Å². The van der Waals surface area contributed by atoms with Gasteiger partial charge in [0.15, 0.2) is 22.4 Å². The molecule has 50 heteroatoms. The molecular formula is C81H61BCl7F20N10O9PS2. The van der Waals surface area contributed by atoms with E-state index in [-0.39, 0.29) is 48.9 Å². The number of aromatic nitrogens is 8. The number of nitrogens with zero attached hydrogens (tertiary/aromatic N) is 8. The first kappa shape index (κ1) is 111. The summed E-state index contributed by atoms with van der Waals surface area (Å²) < 4.78 is 311. The zero-order valence-electron chi connectivity index (χ0n) is 66.6. The summed E-state index contributed by atoms with van der Waals surface area (Å²) in [6, 6.07) is 51.7. The van der Waals surface area contributed by atoms with Gasteiger partial charge in [-0.2, -0.15) is 106 Å². The van der Waals surface area contributed by atoms with E-state index in [1.165, 1.54) is 30.5 Å². The lowest BCUT2D eigenvalue weighted by Crippen LogP contribution is -2.32. The summed E-state index contributed by atoms with van der Waals surface area (Å²) in [7, 11) is -4.71. The smallest absolute Gasteiger partial charge is 0.488 e. The first-order valence-electron chi connectivity index (χ1n) is 35.6. The summed E-state index contributed by atoms with van der Waals surface area (Å²) in [6.45, 7) is 8.60. The number of nitrogens with two attached hydrogens (primary N) is 1. The van der Waals surface area contributed by atoms with Crippen LogP contribution in [0.3, 0.4) is 0 Å². The fourth-order valence-electron chi connectivity index (χ4n) is 10.5. The topological polar surface area (TPSA) is 295 Å². The van der Waals surface area contributed by atoms with E-state index in [0.717, 1.165) is 126 Å². The summed E-state index contributed by atoms with van der Waals surface area (Å²) in [5, 5.41) is 34.1. The lowest BCUT2D eigenvalue weighted by atomic mass is 9.77. The molecule has 0 fully saturated rings. The van der Waals surface area contributed by atoms with Crippen LogP contribution in [0.5, 0.6) is 0 Å². The molecule has 0 spiro atoms. The summed E-state index contributed by atoms with van der Waals surface area (Å²) in [5.41, 5.74) is 4.40. The van der Waals surface area contributed by atoms with Gasteiger partial charge in [0.2, 0.25) is 17.6 Å². The minimum absolute atomic E-state index is 0.0373. The van der Waals surface area contributed by atoms with E-state index in [9.17, 15) is 120 Å². The van der Waals surface area contributed by atoms with Gasteiger partial charge in [-0.1, -0.05) is 156 Å². The number of pyridine rings is 8. The second-order valence-electron chi connectivity index (χ2n) is 25.7. The van der Waals surface area contributed by atoms with Crippen molar-refractivity contribution in [2.24, 2.45) is 0 Å². The van der Waals surface area contributed by atoms with Crippen LogP contribution >= 0.6 is 84.4 Å². The number of hydrogen-bond donors (Lipinski definition) is 4. The Balaban J connectivity index is 0.000000269. The molecular weight excluding hydrogens is 1990 g/mol. The zero-order valence-corrected chi connectivity index (χ0v) is 74.4. The number of sulfonamides is 1. The molecule has 5 N–H and O–H groups in total. The normalized spacial score (nSPS) is 11.5. The van der Waals surface area contributed by atoms with E-state index < -0.39 is 140 Å². The first-order valence-corrected chi connectivity index (χ1v) is 44.9. The standard InChI is InChI=1S/C18H13F4N3O2S.C13H9ClF3N.C13H11F3N2.C13H10F3NO.C7H9BO2.C6H3ClF3NO.C6H3ClF3N.C5H3ClFNO2S.Cl3OP/c1-11-5-2-3-6-12(11)17-13(18(20,21)22)9-10-15(24-17)25-28(26,27)16-8-4-7-14(19)23-16;1-8-4-2-3-5-9(8)12-10(13(15,16)17)6-7-11(14)18-12;1-8-4-2-3-5-9(8)12-10(13(14,15)16)6-7-11(17)18-12;1-9-5-2-3-6-10(9)12-11(13(14,15)16)7-4-8-17(12)18;1-6-4-2-3-5-7(6)8(9)10;7-5-4(6(8,9)10)2-1-3-11(5)12;7-5-4(6(8,9)10)2-1-3-11-5;6-11(9,10)5-3-1-2-4(7)8-5;1-5(2,3)4/h2-10H,1H3,(H,24,25);2-7H,1H3;2-7H,1H3,(H2,17,18);2-8H,1H3;2-5,9-10H,1H3;1-3H;2*1-3H;. The van der Waals surface area contributed by atoms with Crippen LogP contribution in [0.15, 0.2) is 259 Å². The molecule has 0 aliphatic heterocycles. The van der Waals surface area contributed by atoms with Gasteiger partial charge in [0, 0.05) is 45.7 Å². The zero-order chi connectivity index (χ0) is 98.9. The summed E-state index contributed by atoms with van der Waals surface area (Å²) in [4.78, 5) is 21.1. The molecule has 0 aliphatic rings. The lowest BCUT2D eigenvalue weighted by molar-refractivity contribution is -0.604. The Bertz CT molecular complexity index is 6250. The van der Waals surface area contributed by atoms with Gasteiger partial charge in [-0.05, 0) is 199 Å². The molecule has 8 heterocycles. The Morgan fingerprint density at radius 2 is 0.763 bits per heavy atom. The van der Waals surface area contributed by atoms with E-state index in [1.807, 2.05) is 23.8 Å². The number of nitrogen functional groups attached to an aromatic ring is 1.